The monoisotopic (exact) mass is 561 g/mol. The van der Waals surface area contributed by atoms with E-state index in [9.17, 15) is 20.1 Å². The molecule has 0 rings (SSSR count). The summed E-state index contributed by atoms with van der Waals surface area (Å²) in [4.78, 5) is 12.3. The molecule has 0 bridgehead atoms. The lowest BCUT2D eigenvalue weighted by Gasteiger charge is -2.20. The molecule has 4 N–H and O–H groups in total. The van der Waals surface area contributed by atoms with Crippen molar-refractivity contribution in [1.29, 1.82) is 0 Å². The van der Waals surface area contributed by atoms with Gasteiger partial charge in [-0.1, -0.05) is 120 Å². The van der Waals surface area contributed by atoms with E-state index in [4.69, 9.17) is 0 Å². The van der Waals surface area contributed by atoms with Crippen LogP contribution in [0.5, 0.6) is 0 Å². The predicted octanol–water partition coefficient (Wildman–Crippen LogP) is 8.25. The van der Waals surface area contributed by atoms with Crippen LogP contribution in [0.4, 0.5) is 0 Å². The van der Waals surface area contributed by atoms with Gasteiger partial charge in [-0.15, -0.1) is 0 Å². The lowest BCUT2D eigenvalue weighted by atomic mass is 10.0. The number of hydrogen-bond donors (Lipinski definition) is 4. The van der Waals surface area contributed by atoms with Crippen LogP contribution in [-0.2, 0) is 4.79 Å². The van der Waals surface area contributed by atoms with Gasteiger partial charge in [0.15, 0.2) is 0 Å². The first-order valence-corrected chi connectivity index (χ1v) is 16.4. The molecule has 0 spiro atoms. The average Bonchev–Trinajstić information content (AvgIpc) is 2.94. The fourth-order valence-electron chi connectivity index (χ4n) is 4.47. The maximum absolute atomic E-state index is 12.3. The Hall–Kier alpha value is -1.69. The van der Waals surface area contributed by atoms with Gasteiger partial charge >= 0.3 is 0 Å². The SMILES string of the molecule is CCCC/C=C/CC/C=C/CC/C=C/C(O)C(CO)NC(=O)CC(O)CCCCCCC/C=C\CCCCCC. The summed E-state index contributed by atoms with van der Waals surface area (Å²) >= 11 is 0. The van der Waals surface area contributed by atoms with Gasteiger partial charge < -0.3 is 20.6 Å². The minimum atomic E-state index is -0.959. The largest absolute Gasteiger partial charge is 0.394 e. The Morgan fingerprint density at radius 1 is 0.625 bits per heavy atom. The molecule has 3 atom stereocenters. The number of amides is 1. The zero-order valence-corrected chi connectivity index (χ0v) is 25.9. The van der Waals surface area contributed by atoms with Crippen LogP contribution in [0.1, 0.15) is 142 Å². The topological polar surface area (TPSA) is 89.8 Å². The van der Waals surface area contributed by atoms with Crippen molar-refractivity contribution in [3.8, 4) is 0 Å². The van der Waals surface area contributed by atoms with Crippen molar-refractivity contribution in [3.63, 3.8) is 0 Å². The molecule has 0 radical (unpaired) electrons. The van der Waals surface area contributed by atoms with E-state index >= 15 is 0 Å². The minimum Gasteiger partial charge on any atom is -0.394 e. The van der Waals surface area contributed by atoms with E-state index < -0.39 is 18.2 Å². The summed E-state index contributed by atoms with van der Waals surface area (Å²) in [5.74, 6) is -0.341. The summed E-state index contributed by atoms with van der Waals surface area (Å²) in [6.07, 6.45) is 36.5. The van der Waals surface area contributed by atoms with E-state index in [-0.39, 0.29) is 18.9 Å². The second-order valence-corrected chi connectivity index (χ2v) is 11.0. The molecular weight excluding hydrogens is 498 g/mol. The van der Waals surface area contributed by atoms with Gasteiger partial charge in [-0.2, -0.15) is 0 Å². The predicted molar refractivity (Wildman–Crippen MR) is 171 cm³/mol. The summed E-state index contributed by atoms with van der Waals surface area (Å²) in [5, 5.41) is 32.8. The highest BCUT2D eigenvalue weighted by molar-refractivity contribution is 5.76. The zero-order chi connectivity index (χ0) is 29.5. The van der Waals surface area contributed by atoms with Gasteiger partial charge in [0.25, 0.3) is 0 Å². The van der Waals surface area contributed by atoms with Gasteiger partial charge in [0.2, 0.25) is 5.91 Å². The molecule has 1 amide bonds. The van der Waals surface area contributed by atoms with Gasteiger partial charge in [0, 0.05) is 0 Å². The number of nitrogens with one attached hydrogen (secondary N) is 1. The first-order chi connectivity index (χ1) is 19.5. The third-order valence-corrected chi connectivity index (χ3v) is 7.07. The quantitative estimate of drug-likeness (QED) is 0.0572. The van der Waals surface area contributed by atoms with E-state index in [2.05, 4.69) is 55.6 Å². The maximum Gasteiger partial charge on any atom is 0.222 e. The van der Waals surface area contributed by atoms with Gasteiger partial charge in [0.05, 0.1) is 31.3 Å². The van der Waals surface area contributed by atoms with Gasteiger partial charge in [-0.25, -0.2) is 0 Å². The van der Waals surface area contributed by atoms with Gasteiger partial charge in [-0.3, -0.25) is 4.79 Å². The van der Waals surface area contributed by atoms with E-state index in [0.29, 0.717) is 6.42 Å². The highest BCUT2D eigenvalue weighted by Crippen LogP contribution is 2.12. The lowest BCUT2D eigenvalue weighted by molar-refractivity contribution is -0.124. The number of allylic oxidation sites excluding steroid dienone is 7. The number of aliphatic hydroxyl groups is 3. The Balaban J connectivity index is 3.89. The first kappa shape index (κ1) is 38.3. The molecule has 0 aromatic rings. The molecule has 0 heterocycles. The van der Waals surface area contributed by atoms with Crippen LogP contribution >= 0.6 is 0 Å². The Kier molecular flexibility index (Phi) is 29.0. The van der Waals surface area contributed by atoms with Crippen molar-refractivity contribution in [2.45, 2.75) is 161 Å². The van der Waals surface area contributed by atoms with Crippen LogP contribution in [0, 0.1) is 0 Å². The number of hydrogen-bond acceptors (Lipinski definition) is 4. The second kappa shape index (κ2) is 30.3. The Morgan fingerprint density at radius 3 is 1.68 bits per heavy atom. The third-order valence-electron chi connectivity index (χ3n) is 7.07. The van der Waals surface area contributed by atoms with Crippen molar-refractivity contribution in [1.82, 2.24) is 5.32 Å². The molecule has 0 fully saturated rings. The summed E-state index contributed by atoms with van der Waals surface area (Å²) in [6, 6.07) is -0.767. The molecule has 5 heteroatoms. The fraction of sp³-hybridized carbons (Fsp3) is 0.743. The van der Waals surface area contributed by atoms with E-state index in [0.717, 1.165) is 51.4 Å². The number of rotatable bonds is 28. The van der Waals surface area contributed by atoms with Crippen LogP contribution in [0.2, 0.25) is 0 Å². The van der Waals surface area contributed by atoms with Crippen molar-refractivity contribution in [2.24, 2.45) is 0 Å². The number of unbranched alkanes of at least 4 members (excludes halogenated alkanes) is 13. The number of aliphatic hydroxyl groups excluding tert-OH is 3. The highest BCUT2D eigenvalue weighted by Gasteiger charge is 2.19. The number of carbonyl (C=O) groups excluding carboxylic acids is 1. The zero-order valence-electron chi connectivity index (χ0n) is 25.9. The van der Waals surface area contributed by atoms with E-state index in [1.54, 1.807) is 6.08 Å². The fourth-order valence-corrected chi connectivity index (χ4v) is 4.47. The van der Waals surface area contributed by atoms with E-state index in [1.807, 2.05) is 6.08 Å². The van der Waals surface area contributed by atoms with Crippen molar-refractivity contribution < 1.29 is 20.1 Å². The normalized spacial score (nSPS) is 14.6. The van der Waals surface area contributed by atoms with Crippen LogP contribution in [-0.4, -0.2) is 46.1 Å². The van der Waals surface area contributed by atoms with Gasteiger partial charge in [-0.05, 0) is 64.2 Å². The standard InChI is InChI=1S/C35H63NO4/c1-3-5-7-9-11-13-15-17-18-20-22-24-26-28-32(38)30-35(40)36-33(31-37)34(39)29-27-25-23-21-19-16-14-12-10-8-6-4-2/h10,12-13,15,19,21,27,29,32-34,37-39H,3-9,11,14,16-18,20,22-26,28,30-31H2,1-2H3,(H,36,40)/b12-10+,15-13-,21-19+,29-27+. The summed E-state index contributed by atoms with van der Waals surface area (Å²) in [5.41, 5.74) is 0. The van der Waals surface area contributed by atoms with Gasteiger partial charge in [0.1, 0.15) is 0 Å². The molecule has 0 aromatic heterocycles. The molecule has 232 valence electrons. The second-order valence-electron chi connectivity index (χ2n) is 11.0. The van der Waals surface area contributed by atoms with Crippen LogP contribution in [0.25, 0.3) is 0 Å². The maximum atomic E-state index is 12.3. The molecule has 0 saturated heterocycles. The van der Waals surface area contributed by atoms with Crippen molar-refractivity contribution >= 4 is 5.91 Å². The lowest BCUT2D eigenvalue weighted by Crippen LogP contribution is -2.45. The molecule has 0 aliphatic carbocycles. The Morgan fingerprint density at radius 2 is 1.10 bits per heavy atom. The summed E-state index contributed by atoms with van der Waals surface area (Å²) in [7, 11) is 0. The highest BCUT2D eigenvalue weighted by atomic mass is 16.3. The number of carbonyl (C=O) groups is 1. The molecule has 0 saturated carbocycles. The third kappa shape index (κ3) is 26.5. The summed E-state index contributed by atoms with van der Waals surface area (Å²) in [6.45, 7) is 4.09. The minimum absolute atomic E-state index is 0.00538. The van der Waals surface area contributed by atoms with Crippen LogP contribution < -0.4 is 5.32 Å². The smallest absolute Gasteiger partial charge is 0.222 e. The molecule has 0 aromatic carbocycles. The average molecular weight is 562 g/mol. The van der Waals surface area contributed by atoms with Crippen molar-refractivity contribution in [3.05, 3.63) is 48.6 Å². The first-order valence-electron chi connectivity index (χ1n) is 16.4. The van der Waals surface area contributed by atoms with Crippen LogP contribution in [0.3, 0.4) is 0 Å². The van der Waals surface area contributed by atoms with E-state index in [1.165, 1.54) is 64.2 Å². The molecule has 0 aliphatic rings. The Labute approximate surface area is 246 Å². The molecular formula is C35H63NO4. The van der Waals surface area contributed by atoms with Crippen molar-refractivity contribution in [2.75, 3.05) is 6.61 Å². The molecule has 5 nitrogen and oxygen atoms in total. The summed E-state index contributed by atoms with van der Waals surface area (Å²) < 4.78 is 0. The molecule has 40 heavy (non-hydrogen) atoms. The van der Waals surface area contributed by atoms with Crippen LogP contribution in [0.15, 0.2) is 48.6 Å². The molecule has 3 unspecified atom stereocenters. The molecule has 0 aliphatic heterocycles. The Bertz CT molecular complexity index is 670.